The summed E-state index contributed by atoms with van der Waals surface area (Å²) >= 11 is 0. The predicted molar refractivity (Wildman–Crippen MR) is 159 cm³/mol. The van der Waals surface area contributed by atoms with Gasteiger partial charge in [-0.3, -0.25) is 19.4 Å². The van der Waals surface area contributed by atoms with E-state index in [0.717, 1.165) is 6.07 Å². The van der Waals surface area contributed by atoms with Crippen molar-refractivity contribution in [1.29, 1.82) is 0 Å². The van der Waals surface area contributed by atoms with Gasteiger partial charge in [0.25, 0.3) is 11.8 Å². The van der Waals surface area contributed by atoms with Gasteiger partial charge in [0.05, 0.1) is 29.3 Å². The number of ether oxygens (including phenoxy) is 2. The number of nitrogens with zero attached hydrogens (tertiary/aromatic N) is 5. The Bertz CT molecular complexity index is 1840. The van der Waals surface area contributed by atoms with E-state index in [0.29, 0.717) is 16.6 Å². The molecular formula is C31H30F4N6O6. The molecule has 3 amide bonds. The van der Waals surface area contributed by atoms with E-state index in [9.17, 15) is 27.6 Å². The van der Waals surface area contributed by atoms with Gasteiger partial charge in [-0.25, -0.2) is 9.37 Å². The van der Waals surface area contributed by atoms with E-state index in [1.165, 1.54) is 46.3 Å². The van der Waals surface area contributed by atoms with E-state index < -0.39 is 29.7 Å². The first-order chi connectivity index (χ1) is 22.2. The fourth-order valence-electron chi connectivity index (χ4n) is 4.49. The lowest BCUT2D eigenvalue weighted by atomic mass is 10.0. The minimum absolute atomic E-state index is 0.0213. The largest absolute Gasteiger partial charge is 0.480 e. The van der Waals surface area contributed by atoms with Crippen LogP contribution in [0.2, 0.25) is 0 Å². The molecule has 0 unspecified atom stereocenters. The second-order valence-corrected chi connectivity index (χ2v) is 11.4. The fraction of sp³-hybridized carbons (Fsp3) is 0.355. The molecule has 4 aromatic rings. The molecule has 0 atom stereocenters. The van der Waals surface area contributed by atoms with Gasteiger partial charge in [-0.2, -0.15) is 13.2 Å². The zero-order valence-electron chi connectivity index (χ0n) is 25.8. The minimum Gasteiger partial charge on any atom is -0.480 e. The number of anilines is 1. The molecular weight excluding hydrogens is 628 g/mol. The molecule has 1 aliphatic rings. The van der Waals surface area contributed by atoms with Crippen LogP contribution in [0.4, 0.5) is 23.4 Å². The van der Waals surface area contributed by atoms with E-state index in [-0.39, 0.29) is 72.2 Å². The topological polar surface area (TPSA) is 140 Å². The summed E-state index contributed by atoms with van der Waals surface area (Å²) in [7, 11) is 6.31. The summed E-state index contributed by atoms with van der Waals surface area (Å²) in [5.41, 5.74) is -0.735. The standard InChI is InChI=1S/C31H30F4N6O6/c1-40(2)28(43)15-45-23-11-20-21(12-24(23)46-16-29(44)41(3)4)37-22(14-36-20)18-6-5-17(19(32)9-18)10-27(42)38-26-13-25(47-39-26)30(7-8-30)31(33,34)35/h5-6,9,11-14H,7-8,10,15-16H2,1-4H3,(H,38,39,42). The molecule has 47 heavy (non-hydrogen) atoms. The van der Waals surface area contributed by atoms with Gasteiger partial charge in [-0.15, -0.1) is 0 Å². The average Bonchev–Trinajstić information content (AvgIpc) is 3.72. The first-order valence-corrected chi connectivity index (χ1v) is 14.3. The number of nitrogens with one attached hydrogen (secondary N) is 1. The maximum atomic E-state index is 15.1. The Hall–Kier alpha value is -5.28. The number of rotatable bonds is 11. The van der Waals surface area contributed by atoms with Crippen LogP contribution < -0.4 is 14.8 Å². The third kappa shape index (κ3) is 7.26. The van der Waals surface area contributed by atoms with Gasteiger partial charge in [-0.05, 0) is 24.5 Å². The van der Waals surface area contributed by atoms with Gasteiger partial charge in [0.2, 0.25) is 5.91 Å². The summed E-state index contributed by atoms with van der Waals surface area (Å²) in [6.45, 7) is -0.597. The average molecular weight is 659 g/mol. The summed E-state index contributed by atoms with van der Waals surface area (Å²) < 4.78 is 71.4. The molecule has 1 fully saturated rings. The molecule has 16 heteroatoms. The van der Waals surface area contributed by atoms with Crippen LogP contribution in [0.5, 0.6) is 11.5 Å². The normalized spacial score (nSPS) is 13.6. The number of hydrogen-bond donors (Lipinski definition) is 1. The number of alkyl halides is 3. The number of fused-ring (bicyclic) bond motifs is 1. The molecule has 1 saturated carbocycles. The maximum Gasteiger partial charge on any atom is 0.401 e. The van der Waals surface area contributed by atoms with E-state index in [4.69, 9.17) is 14.0 Å². The van der Waals surface area contributed by atoms with Crippen LogP contribution in [0.1, 0.15) is 24.2 Å². The highest BCUT2D eigenvalue weighted by atomic mass is 19.4. The molecule has 0 saturated heterocycles. The summed E-state index contributed by atoms with van der Waals surface area (Å²) in [5.74, 6) is -2.31. The smallest absolute Gasteiger partial charge is 0.401 e. The highest BCUT2D eigenvalue weighted by Gasteiger charge is 2.66. The van der Waals surface area contributed by atoms with Gasteiger partial charge < -0.3 is 29.1 Å². The quantitative estimate of drug-likeness (QED) is 0.236. The Balaban J connectivity index is 1.32. The third-order valence-corrected chi connectivity index (χ3v) is 7.55. The monoisotopic (exact) mass is 658 g/mol. The number of likely N-dealkylation sites (N-methyl/N-ethyl adjacent to an activating group) is 2. The molecule has 1 aliphatic carbocycles. The summed E-state index contributed by atoms with van der Waals surface area (Å²) in [4.78, 5) is 48.4. The first-order valence-electron chi connectivity index (χ1n) is 14.3. The molecule has 2 aromatic heterocycles. The van der Waals surface area contributed by atoms with Crippen molar-refractivity contribution in [1.82, 2.24) is 24.9 Å². The maximum absolute atomic E-state index is 15.1. The van der Waals surface area contributed by atoms with Crippen LogP contribution in [0.25, 0.3) is 22.3 Å². The highest BCUT2D eigenvalue weighted by Crippen LogP contribution is 2.59. The molecule has 248 valence electrons. The first kappa shape index (κ1) is 33.1. The van der Waals surface area contributed by atoms with Crippen molar-refractivity contribution >= 4 is 34.6 Å². The summed E-state index contributed by atoms with van der Waals surface area (Å²) in [5, 5.41) is 5.86. The molecule has 0 aliphatic heterocycles. The molecule has 5 rings (SSSR count). The third-order valence-electron chi connectivity index (χ3n) is 7.55. The van der Waals surface area contributed by atoms with Crippen molar-refractivity contribution in [3.63, 3.8) is 0 Å². The Kier molecular flexibility index (Phi) is 9.04. The van der Waals surface area contributed by atoms with Crippen LogP contribution in [-0.4, -0.2) is 90.2 Å². The molecule has 12 nitrogen and oxygen atoms in total. The Morgan fingerprint density at radius 1 is 0.936 bits per heavy atom. The Morgan fingerprint density at radius 2 is 1.55 bits per heavy atom. The van der Waals surface area contributed by atoms with Gasteiger partial charge in [0, 0.05) is 52.0 Å². The number of carbonyl (C=O) groups excluding carboxylic acids is 3. The number of amides is 3. The van der Waals surface area contributed by atoms with Gasteiger partial charge in [-0.1, -0.05) is 17.3 Å². The summed E-state index contributed by atoms with van der Waals surface area (Å²) in [6.07, 6.45) is -3.77. The van der Waals surface area contributed by atoms with Crippen molar-refractivity contribution in [3.05, 3.63) is 59.7 Å². The Morgan fingerprint density at radius 3 is 2.11 bits per heavy atom. The van der Waals surface area contributed by atoms with Gasteiger partial charge in [0.15, 0.2) is 36.3 Å². The van der Waals surface area contributed by atoms with Crippen molar-refractivity contribution in [2.45, 2.75) is 30.9 Å². The van der Waals surface area contributed by atoms with Crippen molar-refractivity contribution < 1.29 is 45.9 Å². The highest BCUT2D eigenvalue weighted by molar-refractivity contribution is 5.91. The molecule has 0 bridgehead atoms. The molecule has 0 radical (unpaired) electrons. The lowest BCUT2D eigenvalue weighted by molar-refractivity contribution is -0.165. The Labute approximate surface area is 265 Å². The SMILES string of the molecule is CN(C)C(=O)COc1cc2ncc(-c3ccc(CC(=O)Nc4cc(C5(C(F)(F)F)CC5)on4)c(F)c3)nc2cc1OCC(=O)N(C)C. The van der Waals surface area contributed by atoms with E-state index in [2.05, 4.69) is 20.4 Å². The van der Waals surface area contributed by atoms with Crippen molar-refractivity contribution in [2.24, 2.45) is 0 Å². The zero-order chi connectivity index (χ0) is 34.1. The number of aromatic nitrogens is 3. The van der Waals surface area contributed by atoms with E-state index >= 15 is 4.39 Å². The number of halogens is 4. The van der Waals surface area contributed by atoms with Crippen LogP contribution >= 0.6 is 0 Å². The number of carbonyl (C=O) groups is 3. The second-order valence-electron chi connectivity index (χ2n) is 11.4. The van der Waals surface area contributed by atoms with Crippen LogP contribution in [0.15, 0.2) is 47.1 Å². The van der Waals surface area contributed by atoms with Crippen molar-refractivity contribution in [3.8, 4) is 22.8 Å². The predicted octanol–water partition coefficient (Wildman–Crippen LogP) is 4.13. The minimum atomic E-state index is -4.50. The van der Waals surface area contributed by atoms with Crippen LogP contribution in [0, 0.1) is 5.82 Å². The molecule has 2 heterocycles. The summed E-state index contributed by atoms with van der Waals surface area (Å²) in [6, 6.07) is 8.13. The van der Waals surface area contributed by atoms with Crippen LogP contribution in [0.3, 0.4) is 0 Å². The van der Waals surface area contributed by atoms with Gasteiger partial charge in [0.1, 0.15) is 11.2 Å². The fourth-order valence-corrected chi connectivity index (χ4v) is 4.49. The molecule has 0 spiro atoms. The van der Waals surface area contributed by atoms with Gasteiger partial charge >= 0.3 is 6.18 Å². The number of hydrogen-bond acceptors (Lipinski definition) is 9. The van der Waals surface area contributed by atoms with E-state index in [1.807, 2.05) is 0 Å². The van der Waals surface area contributed by atoms with E-state index in [1.54, 1.807) is 28.2 Å². The van der Waals surface area contributed by atoms with Crippen LogP contribution in [-0.2, 0) is 26.2 Å². The second kappa shape index (κ2) is 12.8. The zero-order valence-corrected chi connectivity index (χ0v) is 25.8. The molecule has 1 N–H and O–H groups in total. The lowest BCUT2D eigenvalue weighted by Gasteiger charge is -2.16. The lowest BCUT2D eigenvalue weighted by Crippen LogP contribution is -2.28. The molecule has 2 aromatic carbocycles. The number of benzene rings is 2. The van der Waals surface area contributed by atoms with Crippen molar-refractivity contribution in [2.75, 3.05) is 46.7 Å².